The summed E-state index contributed by atoms with van der Waals surface area (Å²) in [5.74, 6) is -1.10. The van der Waals surface area contributed by atoms with Crippen molar-refractivity contribution in [2.45, 2.75) is 17.9 Å². The van der Waals surface area contributed by atoms with Crippen molar-refractivity contribution in [1.82, 2.24) is 9.62 Å². The predicted molar refractivity (Wildman–Crippen MR) is 119 cm³/mol. The van der Waals surface area contributed by atoms with Gasteiger partial charge in [-0.05, 0) is 43.3 Å². The molecule has 1 amide bonds. The van der Waals surface area contributed by atoms with Gasteiger partial charge in [0.2, 0.25) is 10.0 Å². The number of benzene rings is 2. The number of halogens is 1. The van der Waals surface area contributed by atoms with Crippen LogP contribution in [-0.2, 0) is 24.3 Å². The zero-order valence-electron chi connectivity index (χ0n) is 18.4. The highest BCUT2D eigenvalue weighted by atomic mass is 32.2. The summed E-state index contributed by atoms with van der Waals surface area (Å²) >= 11 is 0. The Hall–Kier alpha value is -3.18. The Labute approximate surface area is 192 Å². The van der Waals surface area contributed by atoms with E-state index in [2.05, 4.69) is 4.72 Å². The molecule has 1 N–H and O–H groups in total. The lowest BCUT2D eigenvalue weighted by molar-refractivity contribution is -0.153. The van der Waals surface area contributed by atoms with Gasteiger partial charge in [0.05, 0.1) is 17.7 Å². The number of sulfonamides is 1. The lowest BCUT2D eigenvalue weighted by Gasteiger charge is -2.36. The van der Waals surface area contributed by atoms with Crippen LogP contribution < -0.4 is 14.4 Å². The maximum absolute atomic E-state index is 13.9. The molecule has 2 aromatic rings. The van der Waals surface area contributed by atoms with E-state index in [4.69, 9.17) is 9.47 Å². The Bertz CT molecular complexity index is 1090. The molecule has 1 atom stereocenters. The third-order valence-electron chi connectivity index (χ3n) is 5.22. The fourth-order valence-corrected chi connectivity index (χ4v) is 4.55. The van der Waals surface area contributed by atoms with E-state index in [9.17, 15) is 22.4 Å². The number of amides is 1. The van der Waals surface area contributed by atoms with Crippen molar-refractivity contribution in [3.8, 4) is 5.75 Å². The molecule has 1 aliphatic rings. The smallest absolute Gasteiger partial charge is 0.324 e. The van der Waals surface area contributed by atoms with Gasteiger partial charge in [0.1, 0.15) is 17.6 Å². The van der Waals surface area contributed by atoms with Crippen molar-refractivity contribution in [3.63, 3.8) is 0 Å². The third-order valence-corrected chi connectivity index (χ3v) is 6.78. The van der Waals surface area contributed by atoms with Crippen LogP contribution in [0.5, 0.6) is 5.75 Å². The van der Waals surface area contributed by atoms with Crippen LogP contribution in [0.1, 0.15) is 6.92 Å². The first-order valence-corrected chi connectivity index (χ1v) is 11.8. The van der Waals surface area contributed by atoms with E-state index in [1.807, 2.05) is 4.90 Å². The van der Waals surface area contributed by atoms with Crippen molar-refractivity contribution in [2.24, 2.45) is 0 Å². The highest BCUT2D eigenvalue weighted by Crippen LogP contribution is 2.20. The van der Waals surface area contributed by atoms with Crippen molar-refractivity contribution in [1.29, 1.82) is 0 Å². The summed E-state index contributed by atoms with van der Waals surface area (Å²) in [6, 6.07) is 10.9. The van der Waals surface area contributed by atoms with Crippen LogP contribution in [0.2, 0.25) is 0 Å². The van der Waals surface area contributed by atoms with Gasteiger partial charge in [-0.25, -0.2) is 12.8 Å². The summed E-state index contributed by atoms with van der Waals surface area (Å²) < 4.78 is 51.1. The number of carbonyl (C=O) groups is 2. The summed E-state index contributed by atoms with van der Waals surface area (Å²) in [4.78, 5) is 28.0. The molecule has 0 aromatic heterocycles. The van der Waals surface area contributed by atoms with Crippen LogP contribution in [0.25, 0.3) is 0 Å². The number of para-hydroxylation sites is 1. The molecule has 1 aliphatic heterocycles. The molecule has 178 valence electrons. The zero-order chi connectivity index (χ0) is 24.0. The minimum absolute atomic E-state index is 0.0354. The van der Waals surface area contributed by atoms with Gasteiger partial charge >= 0.3 is 5.97 Å². The Morgan fingerprint density at radius 2 is 1.70 bits per heavy atom. The average Bonchev–Trinajstić information content (AvgIpc) is 2.82. The normalized spacial score (nSPS) is 15.1. The molecular weight excluding hydrogens is 453 g/mol. The molecule has 1 saturated heterocycles. The number of nitrogens with zero attached hydrogens (tertiary/aromatic N) is 2. The molecule has 3 rings (SSSR count). The van der Waals surface area contributed by atoms with Gasteiger partial charge in [0, 0.05) is 26.2 Å². The highest BCUT2D eigenvalue weighted by molar-refractivity contribution is 7.89. The number of hydrogen-bond acceptors (Lipinski definition) is 7. The molecule has 9 nitrogen and oxygen atoms in total. The summed E-state index contributed by atoms with van der Waals surface area (Å²) in [6.45, 7) is 2.42. The van der Waals surface area contributed by atoms with Crippen LogP contribution in [0, 0.1) is 5.82 Å². The number of hydrogen-bond donors (Lipinski definition) is 1. The fraction of sp³-hybridized carbons (Fsp3) is 0.364. The molecule has 2 aromatic carbocycles. The van der Waals surface area contributed by atoms with Gasteiger partial charge in [-0.15, -0.1) is 0 Å². The van der Waals surface area contributed by atoms with Gasteiger partial charge in [-0.3, -0.25) is 9.59 Å². The second kappa shape index (κ2) is 10.6. The maximum atomic E-state index is 13.9. The highest BCUT2D eigenvalue weighted by Gasteiger charge is 2.26. The van der Waals surface area contributed by atoms with Crippen LogP contribution in [0.15, 0.2) is 53.4 Å². The van der Waals surface area contributed by atoms with E-state index >= 15 is 0 Å². The van der Waals surface area contributed by atoms with Crippen molar-refractivity contribution in [2.75, 3.05) is 44.8 Å². The number of carbonyl (C=O) groups excluding carboxylic acids is 2. The van der Waals surface area contributed by atoms with E-state index in [1.165, 1.54) is 49.3 Å². The summed E-state index contributed by atoms with van der Waals surface area (Å²) in [5, 5.41) is 0. The number of rotatable bonds is 8. The predicted octanol–water partition coefficient (Wildman–Crippen LogP) is 1.39. The standard InChI is InChI=1S/C22H26FN3O6S/c1-16(24-33(29,30)18-9-7-17(31-2)8-10-18)22(28)32-15-21(27)26-13-11-25(12-14-26)20-6-4-3-5-19(20)23/h3-10,16,24H,11-15H2,1-2H3/t16-/m0/s1. The van der Waals surface area contributed by atoms with Crippen molar-refractivity contribution >= 4 is 27.6 Å². The minimum Gasteiger partial charge on any atom is -0.497 e. The number of piperazine rings is 1. The molecule has 0 radical (unpaired) electrons. The third kappa shape index (κ3) is 6.20. The number of methoxy groups -OCH3 is 1. The van der Waals surface area contributed by atoms with E-state index in [0.29, 0.717) is 37.6 Å². The molecule has 0 aliphatic carbocycles. The largest absolute Gasteiger partial charge is 0.497 e. The van der Waals surface area contributed by atoms with Gasteiger partial charge in [-0.1, -0.05) is 12.1 Å². The van der Waals surface area contributed by atoms with Crippen molar-refractivity contribution < 1.29 is 31.9 Å². The minimum atomic E-state index is -3.96. The SMILES string of the molecule is COc1ccc(S(=O)(=O)N[C@@H](C)C(=O)OCC(=O)N2CCN(c3ccccc3F)CC2)cc1. The molecular formula is C22H26FN3O6S. The Kier molecular flexibility index (Phi) is 7.88. The monoisotopic (exact) mass is 479 g/mol. The van der Waals surface area contributed by atoms with Crippen LogP contribution in [0.4, 0.5) is 10.1 Å². The van der Waals surface area contributed by atoms with E-state index in [-0.39, 0.29) is 10.7 Å². The second-order valence-corrected chi connectivity index (χ2v) is 9.16. The summed E-state index contributed by atoms with van der Waals surface area (Å²) in [5.41, 5.74) is 0.481. The first-order chi connectivity index (χ1) is 15.7. The number of nitrogens with one attached hydrogen (secondary N) is 1. The lowest BCUT2D eigenvalue weighted by Crippen LogP contribution is -2.50. The van der Waals surface area contributed by atoms with E-state index in [1.54, 1.807) is 18.2 Å². The van der Waals surface area contributed by atoms with E-state index in [0.717, 1.165) is 0 Å². The average molecular weight is 480 g/mol. The van der Waals surface area contributed by atoms with Crippen molar-refractivity contribution in [3.05, 3.63) is 54.3 Å². The van der Waals surface area contributed by atoms with Crippen LogP contribution in [0.3, 0.4) is 0 Å². The second-order valence-electron chi connectivity index (χ2n) is 7.45. The quantitative estimate of drug-likeness (QED) is 0.571. The first kappa shape index (κ1) is 24.5. The van der Waals surface area contributed by atoms with E-state index < -0.39 is 34.5 Å². The fourth-order valence-electron chi connectivity index (χ4n) is 3.36. The first-order valence-electron chi connectivity index (χ1n) is 10.3. The topological polar surface area (TPSA) is 105 Å². The zero-order valence-corrected chi connectivity index (χ0v) is 19.2. The molecule has 1 fully saturated rings. The molecule has 0 spiro atoms. The van der Waals surface area contributed by atoms with Gasteiger partial charge < -0.3 is 19.3 Å². The summed E-state index contributed by atoms with van der Waals surface area (Å²) in [7, 11) is -2.50. The molecule has 0 saturated carbocycles. The maximum Gasteiger partial charge on any atom is 0.324 e. The van der Waals surface area contributed by atoms with Gasteiger partial charge in [0.15, 0.2) is 6.61 Å². The molecule has 33 heavy (non-hydrogen) atoms. The number of ether oxygens (including phenoxy) is 2. The van der Waals surface area contributed by atoms with Crippen LogP contribution in [-0.4, -0.2) is 71.1 Å². The Balaban J connectivity index is 1.47. The summed E-state index contributed by atoms with van der Waals surface area (Å²) in [6.07, 6.45) is 0. The Morgan fingerprint density at radius 1 is 1.06 bits per heavy atom. The molecule has 1 heterocycles. The van der Waals surface area contributed by atoms with Gasteiger partial charge in [-0.2, -0.15) is 4.72 Å². The number of esters is 1. The van der Waals surface area contributed by atoms with Gasteiger partial charge in [0.25, 0.3) is 5.91 Å². The Morgan fingerprint density at radius 3 is 2.30 bits per heavy atom. The molecule has 0 unspecified atom stereocenters. The molecule has 11 heteroatoms. The molecule has 0 bridgehead atoms. The number of anilines is 1. The van der Waals surface area contributed by atoms with Crippen LogP contribution >= 0.6 is 0 Å². The lowest BCUT2D eigenvalue weighted by atomic mass is 10.2.